The number of nitrogens with one attached hydrogen (secondary N) is 1. The Bertz CT molecular complexity index is 495. The Morgan fingerprint density at radius 3 is 2.80 bits per heavy atom. The van der Waals surface area contributed by atoms with E-state index in [9.17, 15) is 0 Å². The molecule has 0 saturated heterocycles. The maximum Gasteiger partial charge on any atom is 0.231 e. The van der Waals surface area contributed by atoms with Crippen LogP contribution in [0.1, 0.15) is 0 Å². The predicted octanol–water partition coefficient (Wildman–Crippen LogP) is 0.783. The highest BCUT2D eigenvalue weighted by atomic mass is 16.7. The number of H-pyrrole nitrogens is 1. The van der Waals surface area contributed by atoms with Crippen molar-refractivity contribution < 1.29 is 9.47 Å². The predicted molar refractivity (Wildman–Crippen MR) is 52.4 cm³/mol. The molecule has 1 aromatic carbocycles. The lowest BCUT2D eigenvalue weighted by Gasteiger charge is -2.03. The van der Waals surface area contributed by atoms with Crippen molar-refractivity contribution in [1.29, 1.82) is 0 Å². The number of nitrogens with zero attached hydrogens (tertiary/aromatic N) is 2. The van der Waals surface area contributed by atoms with E-state index < -0.39 is 0 Å². The first kappa shape index (κ1) is 8.10. The fraction of sp³-hybridized carbons (Fsp3) is 0.111. The summed E-state index contributed by atoms with van der Waals surface area (Å²) < 4.78 is 10.5. The minimum Gasteiger partial charge on any atom is -0.454 e. The van der Waals surface area contributed by atoms with E-state index >= 15 is 0 Å². The molecule has 0 atom stereocenters. The zero-order valence-electron chi connectivity index (χ0n) is 7.73. The summed E-state index contributed by atoms with van der Waals surface area (Å²) in [5.74, 6) is 1.96. The van der Waals surface area contributed by atoms with Crippen LogP contribution in [0.4, 0.5) is 5.69 Å². The highest BCUT2D eigenvalue weighted by Gasteiger charge is 2.17. The first-order chi connectivity index (χ1) is 7.34. The molecule has 2 heterocycles. The van der Waals surface area contributed by atoms with Crippen LogP contribution < -0.4 is 15.2 Å². The number of aromatic amines is 1. The van der Waals surface area contributed by atoms with Gasteiger partial charge in [-0.3, -0.25) is 5.10 Å². The van der Waals surface area contributed by atoms with Crippen LogP contribution in [0.2, 0.25) is 0 Å². The molecule has 6 nitrogen and oxygen atoms in total. The van der Waals surface area contributed by atoms with Gasteiger partial charge in [0.25, 0.3) is 0 Å². The number of fused-ring (bicyclic) bond motifs is 1. The molecule has 76 valence electrons. The zero-order chi connectivity index (χ0) is 10.3. The van der Waals surface area contributed by atoms with E-state index in [0.29, 0.717) is 23.0 Å². The first-order valence-electron chi connectivity index (χ1n) is 4.39. The third-order valence-corrected chi connectivity index (χ3v) is 2.21. The third kappa shape index (κ3) is 1.18. The quantitative estimate of drug-likeness (QED) is 0.670. The number of hydrogen-bond donors (Lipinski definition) is 2. The fourth-order valence-corrected chi connectivity index (χ4v) is 1.50. The highest BCUT2D eigenvalue weighted by Crippen LogP contribution is 2.38. The summed E-state index contributed by atoms with van der Waals surface area (Å²) in [6.07, 6.45) is 1.43. The summed E-state index contributed by atoms with van der Waals surface area (Å²) in [7, 11) is 0. The summed E-state index contributed by atoms with van der Waals surface area (Å²) >= 11 is 0. The molecule has 0 saturated carbocycles. The topological polar surface area (TPSA) is 86.1 Å². The van der Waals surface area contributed by atoms with Gasteiger partial charge < -0.3 is 15.2 Å². The molecule has 1 aliphatic rings. The van der Waals surface area contributed by atoms with Gasteiger partial charge in [-0.05, 0) is 6.07 Å². The monoisotopic (exact) mass is 204 g/mol. The minimum absolute atomic E-state index is 0.231. The molecule has 3 rings (SSSR count). The Kier molecular flexibility index (Phi) is 1.55. The van der Waals surface area contributed by atoms with Gasteiger partial charge in [-0.1, -0.05) is 0 Å². The van der Waals surface area contributed by atoms with Crippen molar-refractivity contribution in [3.05, 3.63) is 18.5 Å². The number of nitrogens with two attached hydrogens (primary N) is 1. The number of ether oxygens (including phenoxy) is 2. The van der Waals surface area contributed by atoms with Gasteiger partial charge in [-0.15, -0.1) is 0 Å². The number of rotatable bonds is 1. The van der Waals surface area contributed by atoms with Crippen LogP contribution in [0.3, 0.4) is 0 Å². The van der Waals surface area contributed by atoms with E-state index in [1.165, 1.54) is 6.33 Å². The van der Waals surface area contributed by atoms with Crippen molar-refractivity contribution in [1.82, 2.24) is 15.2 Å². The molecule has 0 fully saturated rings. The van der Waals surface area contributed by atoms with E-state index in [-0.39, 0.29) is 6.79 Å². The van der Waals surface area contributed by atoms with Gasteiger partial charge in [-0.25, -0.2) is 4.98 Å². The molecule has 0 aliphatic carbocycles. The first-order valence-corrected chi connectivity index (χ1v) is 4.39. The summed E-state index contributed by atoms with van der Waals surface area (Å²) in [4.78, 5) is 4.03. The number of hydrogen-bond acceptors (Lipinski definition) is 5. The Morgan fingerprint density at radius 1 is 1.27 bits per heavy atom. The molecule has 15 heavy (non-hydrogen) atoms. The summed E-state index contributed by atoms with van der Waals surface area (Å²) in [6, 6.07) is 3.51. The van der Waals surface area contributed by atoms with Crippen molar-refractivity contribution in [2.24, 2.45) is 0 Å². The lowest BCUT2D eigenvalue weighted by Crippen LogP contribution is -1.92. The van der Waals surface area contributed by atoms with Gasteiger partial charge >= 0.3 is 0 Å². The van der Waals surface area contributed by atoms with Crippen molar-refractivity contribution in [3.63, 3.8) is 0 Å². The van der Waals surface area contributed by atoms with Crippen molar-refractivity contribution >= 4 is 5.69 Å². The average Bonchev–Trinajstić information content (AvgIpc) is 2.85. The average molecular weight is 204 g/mol. The molecular formula is C9H8N4O2. The smallest absolute Gasteiger partial charge is 0.231 e. The van der Waals surface area contributed by atoms with Crippen LogP contribution in [-0.4, -0.2) is 22.0 Å². The van der Waals surface area contributed by atoms with Gasteiger partial charge in [0.2, 0.25) is 6.79 Å². The number of anilines is 1. The van der Waals surface area contributed by atoms with Gasteiger partial charge in [0, 0.05) is 17.3 Å². The van der Waals surface area contributed by atoms with Crippen LogP contribution in [0.5, 0.6) is 11.5 Å². The molecule has 0 bridgehead atoms. The van der Waals surface area contributed by atoms with Gasteiger partial charge in [0.1, 0.15) is 6.33 Å². The molecule has 3 N–H and O–H groups in total. The van der Waals surface area contributed by atoms with Crippen LogP contribution in [0.25, 0.3) is 11.4 Å². The van der Waals surface area contributed by atoms with E-state index in [4.69, 9.17) is 15.2 Å². The minimum atomic E-state index is 0.231. The second kappa shape index (κ2) is 2.88. The Labute approximate surface area is 85.0 Å². The van der Waals surface area contributed by atoms with Crippen LogP contribution in [-0.2, 0) is 0 Å². The lowest BCUT2D eigenvalue weighted by molar-refractivity contribution is 0.174. The summed E-state index contributed by atoms with van der Waals surface area (Å²) in [6.45, 7) is 0.231. The van der Waals surface area contributed by atoms with Gasteiger partial charge in [0.15, 0.2) is 17.3 Å². The van der Waals surface area contributed by atoms with E-state index in [1.807, 2.05) is 0 Å². The molecule has 2 aromatic rings. The molecule has 0 spiro atoms. The van der Waals surface area contributed by atoms with Crippen LogP contribution in [0, 0.1) is 0 Å². The highest BCUT2D eigenvalue weighted by molar-refractivity contribution is 5.75. The Hall–Kier alpha value is -2.24. The number of nitrogen functional groups attached to an aromatic ring is 1. The molecule has 0 amide bonds. The SMILES string of the molecule is Nc1cc2c(cc1-c1ncn[nH]1)OCO2. The van der Waals surface area contributed by atoms with Crippen LogP contribution in [0.15, 0.2) is 18.5 Å². The maximum absolute atomic E-state index is 5.86. The Morgan fingerprint density at radius 2 is 2.07 bits per heavy atom. The summed E-state index contributed by atoms with van der Waals surface area (Å²) in [5.41, 5.74) is 7.20. The normalized spacial score (nSPS) is 13.1. The second-order valence-electron chi connectivity index (χ2n) is 3.13. The molecule has 1 aliphatic heterocycles. The number of aromatic nitrogens is 3. The largest absolute Gasteiger partial charge is 0.454 e. The zero-order valence-corrected chi connectivity index (χ0v) is 7.73. The second-order valence-corrected chi connectivity index (χ2v) is 3.13. The Balaban J connectivity index is 2.17. The molecule has 6 heteroatoms. The molecule has 0 radical (unpaired) electrons. The lowest BCUT2D eigenvalue weighted by atomic mass is 10.1. The molecule has 1 aromatic heterocycles. The van der Waals surface area contributed by atoms with Crippen molar-refractivity contribution in [2.75, 3.05) is 12.5 Å². The van der Waals surface area contributed by atoms with Crippen molar-refractivity contribution in [3.8, 4) is 22.9 Å². The number of benzene rings is 1. The standard InChI is InChI=1S/C9H8N4O2/c10-6-2-8-7(14-4-15-8)1-5(6)9-11-3-12-13-9/h1-3H,4,10H2,(H,11,12,13). The summed E-state index contributed by atoms with van der Waals surface area (Å²) in [5, 5.41) is 6.52. The van der Waals surface area contributed by atoms with Gasteiger partial charge in [-0.2, -0.15) is 5.10 Å². The molecule has 0 unspecified atom stereocenters. The van der Waals surface area contributed by atoms with E-state index in [0.717, 1.165) is 5.56 Å². The van der Waals surface area contributed by atoms with Crippen LogP contribution >= 0.6 is 0 Å². The van der Waals surface area contributed by atoms with E-state index in [2.05, 4.69) is 15.2 Å². The van der Waals surface area contributed by atoms with Crippen molar-refractivity contribution in [2.45, 2.75) is 0 Å². The third-order valence-electron chi connectivity index (χ3n) is 2.21. The maximum atomic E-state index is 5.86. The molecular weight excluding hydrogens is 196 g/mol. The van der Waals surface area contributed by atoms with E-state index in [1.54, 1.807) is 12.1 Å². The fourth-order valence-electron chi connectivity index (χ4n) is 1.50. The van der Waals surface area contributed by atoms with Gasteiger partial charge in [0.05, 0.1) is 0 Å².